The van der Waals surface area contributed by atoms with Crippen LogP contribution in [0, 0.1) is 6.92 Å². The minimum absolute atomic E-state index is 0.829. The molecule has 0 saturated heterocycles. The van der Waals surface area contributed by atoms with Gasteiger partial charge in [0.1, 0.15) is 0 Å². The molecular formula is C14H18N2S. The average Bonchev–Trinajstić information content (AvgIpc) is 2.71. The number of thiazole rings is 1. The predicted molar refractivity (Wildman–Crippen MR) is 74.4 cm³/mol. The Morgan fingerprint density at radius 3 is 2.53 bits per heavy atom. The van der Waals surface area contributed by atoms with Crippen molar-refractivity contribution < 1.29 is 0 Å². The molecule has 0 saturated carbocycles. The molecule has 2 nitrogen and oxygen atoms in total. The lowest BCUT2D eigenvalue weighted by Gasteiger charge is -2.03. The van der Waals surface area contributed by atoms with Gasteiger partial charge in [-0.3, -0.25) is 0 Å². The maximum absolute atomic E-state index is 4.58. The molecule has 1 aromatic carbocycles. The van der Waals surface area contributed by atoms with Gasteiger partial charge in [0, 0.05) is 6.54 Å². The zero-order valence-corrected chi connectivity index (χ0v) is 11.4. The van der Waals surface area contributed by atoms with E-state index in [9.17, 15) is 0 Å². The van der Waals surface area contributed by atoms with Crippen molar-refractivity contribution in [3.8, 4) is 10.4 Å². The fraction of sp³-hybridized carbons (Fsp3) is 0.357. The third kappa shape index (κ3) is 2.73. The molecular weight excluding hydrogens is 228 g/mol. The van der Waals surface area contributed by atoms with Gasteiger partial charge in [0.2, 0.25) is 0 Å². The van der Waals surface area contributed by atoms with Gasteiger partial charge in [-0.2, -0.15) is 0 Å². The molecule has 0 unspecified atom stereocenters. The summed E-state index contributed by atoms with van der Waals surface area (Å²) in [5.74, 6) is 0. The maximum atomic E-state index is 4.58. The Morgan fingerprint density at radius 2 is 1.94 bits per heavy atom. The summed E-state index contributed by atoms with van der Waals surface area (Å²) in [4.78, 5) is 5.87. The molecule has 2 rings (SSSR count). The molecule has 3 heteroatoms. The lowest BCUT2D eigenvalue weighted by Crippen LogP contribution is -2.06. The quantitative estimate of drug-likeness (QED) is 0.894. The number of benzene rings is 1. The zero-order chi connectivity index (χ0) is 12.3. The van der Waals surface area contributed by atoms with Crippen molar-refractivity contribution in [2.75, 3.05) is 7.05 Å². The van der Waals surface area contributed by atoms with E-state index in [4.69, 9.17) is 0 Å². The smallest absolute Gasteiger partial charge is 0.0904 e. The van der Waals surface area contributed by atoms with Crippen molar-refractivity contribution in [1.29, 1.82) is 0 Å². The molecule has 0 aliphatic carbocycles. The molecule has 0 amide bonds. The van der Waals surface area contributed by atoms with E-state index < -0.39 is 0 Å². The number of aryl methyl sites for hydroxylation is 2. The van der Waals surface area contributed by atoms with Crippen LogP contribution in [-0.2, 0) is 13.0 Å². The number of hydrogen-bond donors (Lipinski definition) is 1. The van der Waals surface area contributed by atoms with Gasteiger partial charge in [-0.05, 0) is 31.5 Å². The van der Waals surface area contributed by atoms with E-state index in [1.165, 1.54) is 16.0 Å². The summed E-state index contributed by atoms with van der Waals surface area (Å²) in [5.41, 5.74) is 3.81. The highest BCUT2D eigenvalue weighted by molar-refractivity contribution is 7.15. The van der Waals surface area contributed by atoms with Crippen LogP contribution < -0.4 is 5.32 Å². The Bertz CT molecular complexity index is 485. The second-order valence-electron chi connectivity index (χ2n) is 4.09. The molecule has 0 radical (unpaired) electrons. The number of hydrogen-bond acceptors (Lipinski definition) is 3. The van der Waals surface area contributed by atoms with Crippen molar-refractivity contribution in [2.45, 2.75) is 26.8 Å². The van der Waals surface area contributed by atoms with E-state index in [2.05, 4.69) is 48.4 Å². The molecule has 2 aromatic rings. The average molecular weight is 246 g/mol. The summed E-state index contributed by atoms with van der Waals surface area (Å²) < 4.78 is 0. The van der Waals surface area contributed by atoms with Crippen molar-refractivity contribution in [3.63, 3.8) is 0 Å². The molecule has 1 aromatic heterocycles. The van der Waals surface area contributed by atoms with E-state index >= 15 is 0 Å². The van der Waals surface area contributed by atoms with Crippen LogP contribution in [0.3, 0.4) is 0 Å². The Morgan fingerprint density at radius 1 is 1.24 bits per heavy atom. The third-order valence-electron chi connectivity index (χ3n) is 2.77. The molecule has 0 aliphatic heterocycles. The van der Waals surface area contributed by atoms with E-state index in [1.807, 2.05) is 7.05 Å². The van der Waals surface area contributed by atoms with E-state index in [1.54, 1.807) is 11.3 Å². The van der Waals surface area contributed by atoms with E-state index in [0.29, 0.717) is 0 Å². The first-order valence-electron chi connectivity index (χ1n) is 5.94. The van der Waals surface area contributed by atoms with Crippen LogP contribution >= 0.6 is 11.3 Å². The highest BCUT2D eigenvalue weighted by Gasteiger charge is 2.10. The Balaban J connectivity index is 2.37. The number of rotatable bonds is 4. The van der Waals surface area contributed by atoms with Gasteiger partial charge in [-0.15, -0.1) is 11.3 Å². The van der Waals surface area contributed by atoms with Crippen LogP contribution in [0.25, 0.3) is 10.4 Å². The second-order valence-corrected chi connectivity index (χ2v) is 5.29. The van der Waals surface area contributed by atoms with Gasteiger partial charge in [0.25, 0.3) is 0 Å². The molecule has 0 aliphatic rings. The fourth-order valence-electron chi connectivity index (χ4n) is 1.87. The lowest BCUT2D eigenvalue weighted by atomic mass is 10.1. The highest BCUT2D eigenvalue weighted by Crippen LogP contribution is 2.30. The minimum atomic E-state index is 0.829. The second kappa shape index (κ2) is 5.43. The summed E-state index contributed by atoms with van der Waals surface area (Å²) in [7, 11) is 1.96. The molecule has 90 valence electrons. The van der Waals surface area contributed by atoms with Crippen molar-refractivity contribution >= 4 is 11.3 Å². The normalized spacial score (nSPS) is 10.8. The number of nitrogens with one attached hydrogen (secondary N) is 1. The van der Waals surface area contributed by atoms with Crippen LogP contribution in [0.2, 0.25) is 0 Å². The molecule has 0 bridgehead atoms. The van der Waals surface area contributed by atoms with E-state index in [-0.39, 0.29) is 0 Å². The first-order chi connectivity index (χ1) is 8.24. The Labute approximate surface area is 107 Å². The van der Waals surface area contributed by atoms with Gasteiger partial charge >= 0.3 is 0 Å². The van der Waals surface area contributed by atoms with Crippen LogP contribution in [0.4, 0.5) is 0 Å². The van der Waals surface area contributed by atoms with Gasteiger partial charge < -0.3 is 5.32 Å². The first kappa shape index (κ1) is 12.3. The Hall–Kier alpha value is -1.19. The molecule has 0 spiro atoms. The molecule has 0 fully saturated rings. The standard InChI is InChI=1S/C14H18N2S/c1-4-11-5-7-12(8-6-11)14-13(9-15-3)16-10(2)17-14/h5-8,15H,4,9H2,1-3H3. The van der Waals surface area contributed by atoms with Crippen molar-refractivity contribution in [3.05, 3.63) is 40.5 Å². The highest BCUT2D eigenvalue weighted by atomic mass is 32.1. The van der Waals surface area contributed by atoms with Crippen molar-refractivity contribution in [1.82, 2.24) is 10.3 Å². The molecule has 0 atom stereocenters. The summed E-state index contributed by atoms with van der Waals surface area (Å²) in [6.45, 7) is 5.07. The van der Waals surface area contributed by atoms with Crippen LogP contribution in [0.1, 0.15) is 23.2 Å². The Kier molecular flexibility index (Phi) is 3.92. The van der Waals surface area contributed by atoms with Gasteiger partial charge in [0.05, 0.1) is 15.6 Å². The minimum Gasteiger partial charge on any atom is -0.314 e. The van der Waals surface area contributed by atoms with Gasteiger partial charge in [0.15, 0.2) is 0 Å². The summed E-state index contributed by atoms with van der Waals surface area (Å²) >= 11 is 1.77. The topological polar surface area (TPSA) is 24.9 Å². The summed E-state index contributed by atoms with van der Waals surface area (Å²) in [6, 6.07) is 8.80. The van der Waals surface area contributed by atoms with Gasteiger partial charge in [-0.1, -0.05) is 31.2 Å². The summed E-state index contributed by atoms with van der Waals surface area (Å²) in [6.07, 6.45) is 1.09. The molecule has 17 heavy (non-hydrogen) atoms. The number of nitrogens with zero attached hydrogens (tertiary/aromatic N) is 1. The fourth-order valence-corrected chi connectivity index (χ4v) is 2.82. The monoisotopic (exact) mass is 246 g/mol. The lowest BCUT2D eigenvalue weighted by molar-refractivity contribution is 0.796. The summed E-state index contributed by atoms with van der Waals surface area (Å²) in [5, 5.41) is 4.30. The zero-order valence-electron chi connectivity index (χ0n) is 10.6. The number of aromatic nitrogens is 1. The van der Waals surface area contributed by atoms with Gasteiger partial charge in [-0.25, -0.2) is 4.98 Å². The third-order valence-corrected chi connectivity index (χ3v) is 3.84. The van der Waals surface area contributed by atoms with E-state index in [0.717, 1.165) is 23.7 Å². The van der Waals surface area contributed by atoms with Crippen LogP contribution in [0.15, 0.2) is 24.3 Å². The largest absolute Gasteiger partial charge is 0.314 e. The SMILES string of the molecule is CCc1ccc(-c2sc(C)nc2CNC)cc1. The van der Waals surface area contributed by atoms with Crippen LogP contribution in [-0.4, -0.2) is 12.0 Å². The molecule has 1 N–H and O–H groups in total. The first-order valence-corrected chi connectivity index (χ1v) is 6.76. The molecule has 1 heterocycles. The van der Waals surface area contributed by atoms with Crippen LogP contribution in [0.5, 0.6) is 0 Å². The van der Waals surface area contributed by atoms with Crippen molar-refractivity contribution in [2.24, 2.45) is 0 Å². The predicted octanol–water partition coefficient (Wildman–Crippen LogP) is 3.40. The maximum Gasteiger partial charge on any atom is 0.0904 e.